The van der Waals surface area contributed by atoms with Crippen LogP contribution in [0.2, 0.25) is 0 Å². The number of aromatic nitrogens is 3. The van der Waals surface area contributed by atoms with E-state index in [2.05, 4.69) is 15.4 Å². The predicted molar refractivity (Wildman–Crippen MR) is 74.2 cm³/mol. The highest BCUT2D eigenvalue weighted by atomic mass is 32.1. The summed E-state index contributed by atoms with van der Waals surface area (Å²) in [7, 11) is 1.87. The van der Waals surface area contributed by atoms with Gasteiger partial charge in [0.05, 0.1) is 16.8 Å². The van der Waals surface area contributed by atoms with Gasteiger partial charge in [-0.3, -0.25) is 0 Å². The maximum atomic E-state index is 4.37. The lowest BCUT2D eigenvalue weighted by molar-refractivity contribution is 0.881. The molecular weight excluding hydrogens is 244 g/mol. The number of benzene rings is 1. The molecule has 5 heteroatoms. The van der Waals surface area contributed by atoms with Crippen LogP contribution in [0.3, 0.4) is 0 Å². The zero-order chi connectivity index (χ0) is 12.4. The van der Waals surface area contributed by atoms with Crippen LogP contribution in [0.1, 0.15) is 0 Å². The Morgan fingerprint density at radius 1 is 1.17 bits per heavy atom. The van der Waals surface area contributed by atoms with Gasteiger partial charge in [-0.1, -0.05) is 29.5 Å². The molecule has 3 aromatic rings. The number of thiazole rings is 1. The molecule has 0 amide bonds. The number of hydrogen-bond donors (Lipinski definition) is 1. The average Bonchev–Trinajstić information content (AvgIpc) is 3.08. The number of para-hydroxylation sites is 1. The highest BCUT2D eigenvalue weighted by Crippen LogP contribution is 2.28. The Kier molecular flexibility index (Phi) is 2.82. The Balaban J connectivity index is 1.94. The van der Waals surface area contributed by atoms with Crippen molar-refractivity contribution in [1.29, 1.82) is 0 Å². The van der Waals surface area contributed by atoms with Crippen molar-refractivity contribution in [3.63, 3.8) is 0 Å². The van der Waals surface area contributed by atoms with Crippen molar-refractivity contribution in [3.05, 3.63) is 48.9 Å². The molecule has 0 spiro atoms. The first-order valence-electron chi connectivity index (χ1n) is 5.61. The summed E-state index contributed by atoms with van der Waals surface area (Å²) in [5.74, 6) is 0. The molecule has 4 nitrogen and oxygen atoms in total. The van der Waals surface area contributed by atoms with Gasteiger partial charge in [0.2, 0.25) is 0 Å². The van der Waals surface area contributed by atoms with E-state index in [4.69, 9.17) is 0 Å². The third-order valence-corrected chi connectivity index (χ3v) is 3.67. The van der Waals surface area contributed by atoms with E-state index in [1.54, 1.807) is 11.3 Å². The van der Waals surface area contributed by atoms with Gasteiger partial charge >= 0.3 is 0 Å². The molecule has 0 aliphatic rings. The van der Waals surface area contributed by atoms with Gasteiger partial charge in [0.25, 0.3) is 0 Å². The summed E-state index contributed by atoms with van der Waals surface area (Å²) >= 11 is 1.62. The van der Waals surface area contributed by atoms with E-state index in [9.17, 15) is 0 Å². The fourth-order valence-electron chi connectivity index (χ4n) is 1.70. The van der Waals surface area contributed by atoms with Crippen molar-refractivity contribution >= 4 is 16.5 Å². The first kappa shape index (κ1) is 11.0. The normalized spacial score (nSPS) is 10.5. The lowest BCUT2D eigenvalue weighted by atomic mass is 10.3. The van der Waals surface area contributed by atoms with Crippen LogP contribution in [0.5, 0.6) is 0 Å². The maximum Gasteiger partial charge on any atom is 0.182 e. The lowest BCUT2D eigenvalue weighted by Crippen LogP contribution is -1.92. The number of hydrogen-bond acceptors (Lipinski definition) is 4. The summed E-state index contributed by atoms with van der Waals surface area (Å²) in [4.78, 5) is 5.38. The highest BCUT2D eigenvalue weighted by Gasteiger charge is 2.06. The molecule has 0 atom stereocenters. The summed E-state index contributed by atoms with van der Waals surface area (Å²) in [5, 5.41) is 8.32. The molecule has 0 unspecified atom stereocenters. The number of anilines is 1. The molecule has 3 rings (SSSR count). The molecule has 1 N–H and O–H groups in total. The van der Waals surface area contributed by atoms with Crippen LogP contribution in [-0.4, -0.2) is 21.8 Å². The van der Waals surface area contributed by atoms with E-state index >= 15 is 0 Å². The zero-order valence-electron chi connectivity index (χ0n) is 9.87. The van der Waals surface area contributed by atoms with Crippen molar-refractivity contribution in [2.75, 3.05) is 12.4 Å². The topological polar surface area (TPSA) is 42.7 Å². The minimum absolute atomic E-state index is 0.914. The second-order valence-corrected chi connectivity index (χ2v) is 4.82. The Hall–Kier alpha value is -2.14. The second-order valence-electron chi connectivity index (χ2n) is 3.79. The standard InChI is InChI=1S/C13H12N4S/c1-14-13-15-8-12(18-13)10-7-16-17(9-10)11-5-3-2-4-6-11/h2-9H,1H3,(H,14,15). The Morgan fingerprint density at radius 3 is 2.72 bits per heavy atom. The van der Waals surface area contributed by atoms with Crippen molar-refractivity contribution < 1.29 is 0 Å². The molecule has 2 heterocycles. The summed E-state index contributed by atoms with van der Waals surface area (Å²) in [6.45, 7) is 0. The third-order valence-electron chi connectivity index (χ3n) is 2.61. The fourth-order valence-corrected chi connectivity index (χ4v) is 2.44. The molecule has 0 fully saturated rings. The quantitative estimate of drug-likeness (QED) is 0.783. The van der Waals surface area contributed by atoms with Crippen molar-refractivity contribution in [3.8, 4) is 16.1 Å². The van der Waals surface area contributed by atoms with E-state index in [0.29, 0.717) is 0 Å². The van der Waals surface area contributed by atoms with Crippen LogP contribution >= 0.6 is 11.3 Å². The molecule has 90 valence electrons. The fraction of sp³-hybridized carbons (Fsp3) is 0.0769. The predicted octanol–water partition coefficient (Wildman–Crippen LogP) is 3.04. The van der Waals surface area contributed by atoms with Gasteiger partial charge in [0.1, 0.15) is 0 Å². The number of nitrogens with zero attached hydrogens (tertiary/aromatic N) is 3. The minimum atomic E-state index is 0.914. The van der Waals surface area contributed by atoms with Gasteiger partial charge in [-0.2, -0.15) is 5.10 Å². The van der Waals surface area contributed by atoms with Gasteiger partial charge in [0.15, 0.2) is 5.13 Å². The van der Waals surface area contributed by atoms with Crippen LogP contribution in [-0.2, 0) is 0 Å². The molecular formula is C13H12N4S. The zero-order valence-corrected chi connectivity index (χ0v) is 10.7. The van der Waals surface area contributed by atoms with Gasteiger partial charge in [-0.25, -0.2) is 9.67 Å². The van der Waals surface area contributed by atoms with Gasteiger partial charge in [-0.15, -0.1) is 0 Å². The third kappa shape index (κ3) is 2.00. The Morgan fingerprint density at radius 2 is 2.00 bits per heavy atom. The largest absolute Gasteiger partial charge is 0.365 e. The molecule has 0 bridgehead atoms. The Bertz CT molecular complexity index is 642. The molecule has 2 aromatic heterocycles. The first-order chi connectivity index (χ1) is 8.86. The molecule has 0 saturated carbocycles. The molecule has 0 radical (unpaired) electrons. The van der Waals surface area contributed by atoms with Crippen molar-refractivity contribution in [2.24, 2.45) is 0 Å². The minimum Gasteiger partial charge on any atom is -0.365 e. The molecule has 18 heavy (non-hydrogen) atoms. The first-order valence-corrected chi connectivity index (χ1v) is 6.42. The van der Waals surface area contributed by atoms with E-state index < -0.39 is 0 Å². The SMILES string of the molecule is CNc1ncc(-c2cnn(-c3ccccc3)c2)s1. The van der Waals surface area contributed by atoms with E-state index in [-0.39, 0.29) is 0 Å². The van der Waals surface area contributed by atoms with Gasteiger partial charge in [-0.05, 0) is 12.1 Å². The van der Waals surface area contributed by atoms with Crippen LogP contribution in [0.25, 0.3) is 16.1 Å². The van der Waals surface area contributed by atoms with Crippen LogP contribution < -0.4 is 5.32 Å². The van der Waals surface area contributed by atoms with Crippen LogP contribution in [0.15, 0.2) is 48.9 Å². The monoisotopic (exact) mass is 256 g/mol. The summed E-state index contributed by atoms with van der Waals surface area (Å²) in [6, 6.07) is 10.1. The van der Waals surface area contributed by atoms with E-state index in [1.165, 1.54) is 0 Å². The maximum absolute atomic E-state index is 4.37. The van der Waals surface area contributed by atoms with Crippen molar-refractivity contribution in [2.45, 2.75) is 0 Å². The Labute approximate surface area is 109 Å². The lowest BCUT2D eigenvalue weighted by Gasteiger charge is -1.98. The molecule has 0 aliphatic heterocycles. The van der Waals surface area contributed by atoms with Gasteiger partial charge in [0, 0.05) is 25.0 Å². The average molecular weight is 256 g/mol. The molecule has 0 saturated heterocycles. The summed E-state index contributed by atoms with van der Waals surface area (Å²) in [5.41, 5.74) is 2.14. The summed E-state index contributed by atoms with van der Waals surface area (Å²) < 4.78 is 1.87. The van der Waals surface area contributed by atoms with Gasteiger partial charge < -0.3 is 5.32 Å². The number of rotatable bonds is 3. The van der Waals surface area contributed by atoms with E-state index in [0.717, 1.165) is 21.3 Å². The smallest absolute Gasteiger partial charge is 0.182 e. The molecule has 1 aromatic carbocycles. The van der Waals surface area contributed by atoms with Crippen LogP contribution in [0, 0.1) is 0 Å². The second kappa shape index (κ2) is 4.62. The summed E-state index contributed by atoms with van der Waals surface area (Å²) in [6.07, 6.45) is 5.74. The highest BCUT2D eigenvalue weighted by molar-refractivity contribution is 7.18. The van der Waals surface area contributed by atoms with Crippen molar-refractivity contribution in [1.82, 2.24) is 14.8 Å². The molecule has 0 aliphatic carbocycles. The van der Waals surface area contributed by atoms with E-state index in [1.807, 2.05) is 60.7 Å². The number of nitrogens with one attached hydrogen (secondary N) is 1. The van der Waals surface area contributed by atoms with Crippen LogP contribution in [0.4, 0.5) is 5.13 Å².